The molecule has 24 heavy (non-hydrogen) atoms. The van der Waals surface area contributed by atoms with Crippen molar-refractivity contribution in [2.75, 3.05) is 0 Å². The van der Waals surface area contributed by atoms with E-state index >= 15 is 0 Å². The summed E-state index contributed by atoms with van der Waals surface area (Å²) in [5, 5.41) is 18.5. The summed E-state index contributed by atoms with van der Waals surface area (Å²) in [6, 6.07) is 3.28. The number of hydrogen-bond acceptors (Lipinski definition) is 4. The maximum Gasteiger partial charge on any atom is 0.358 e. The molecule has 7 nitrogen and oxygen atoms in total. The van der Waals surface area contributed by atoms with Crippen LogP contribution in [-0.2, 0) is 16.9 Å². The van der Waals surface area contributed by atoms with Gasteiger partial charge >= 0.3 is 5.97 Å². The summed E-state index contributed by atoms with van der Waals surface area (Å²) < 4.78 is 28.2. The number of carbonyl (C=O) groups is 2. The number of hydrogen-bond donors (Lipinski definition) is 2. The number of carbonyl (C=O) groups excluding carboxylic acids is 1. The Hall–Kier alpha value is -2.84. The van der Waals surface area contributed by atoms with Gasteiger partial charge in [-0.25, -0.2) is 18.3 Å². The average Bonchev–Trinajstić information content (AvgIpc) is 2.92. The fourth-order valence-electron chi connectivity index (χ4n) is 2.80. The van der Waals surface area contributed by atoms with Crippen LogP contribution in [-0.4, -0.2) is 32.0 Å². The zero-order valence-electron chi connectivity index (χ0n) is 12.5. The first kappa shape index (κ1) is 16.0. The van der Waals surface area contributed by atoms with Gasteiger partial charge in [-0.2, -0.15) is 0 Å². The van der Waals surface area contributed by atoms with Crippen LogP contribution in [0.15, 0.2) is 24.4 Å². The third-order valence-corrected chi connectivity index (χ3v) is 4.10. The number of amides is 1. The second-order valence-electron chi connectivity index (χ2n) is 5.71. The van der Waals surface area contributed by atoms with E-state index in [0.717, 1.165) is 29.4 Å². The molecule has 0 saturated heterocycles. The highest BCUT2D eigenvalue weighted by atomic mass is 19.1. The predicted molar refractivity (Wildman–Crippen MR) is 77.0 cm³/mol. The Bertz CT molecular complexity index is 802. The van der Waals surface area contributed by atoms with E-state index < -0.39 is 29.0 Å². The SMILES string of the molecule is O=C(Cn1cc(C(=O)O)nn1)NC1(c2ccc(F)cc2F)CCC1. The Morgan fingerprint density at radius 3 is 2.62 bits per heavy atom. The molecule has 126 valence electrons. The Kier molecular flexibility index (Phi) is 4.00. The van der Waals surface area contributed by atoms with E-state index in [-0.39, 0.29) is 17.8 Å². The summed E-state index contributed by atoms with van der Waals surface area (Å²) >= 11 is 0. The van der Waals surface area contributed by atoms with E-state index in [9.17, 15) is 18.4 Å². The molecule has 1 aromatic heterocycles. The summed E-state index contributed by atoms with van der Waals surface area (Å²) in [6.45, 7) is -0.245. The third-order valence-electron chi connectivity index (χ3n) is 4.10. The first-order chi connectivity index (χ1) is 11.4. The lowest BCUT2D eigenvalue weighted by Gasteiger charge is -2.43. The van der Waals surface area contributed by atoms with E-state index in [1.807, 2.05) is 0 Å². The van der Waals surface area contributed by atoms with Gasteiger partial charge in [0.05, 0.1) is 11.7 Å². The van der Waals surface area contributed by atoms with Gasteiger partial charge in [-0.05, 0) is 25.3 Å². The lowest BCUT2D eigenvalue weighted by Crippen LogP contribution is -2.52. The van der Waals surface area contributed by atoms with Gasteiger partial charge in [0.25, 0.3) is 0 Å². The number of aromatic nitrogens is 3. The highest BCUT2D eigenvalue weighted by molar-refractivity contribution is 5.84. The Morgan fingerprint density at radius 2 is 2.08 bits per heavy atom. The minimum atomic E-state index is -1.24. The molecule has 0 aliphatic heterocycles. The fourth-order valence-corrected chi connectivity index (χ4v) is 2.80. The highest BCUT2D eigenvalue weighted by Gasteiger charge is 2.42. The number of halogens is 2. The van der Waals surface area contributed by atoms with E-state index in [1.165, 1.54) is 6.07 Å². The molecule has 0 unspecified atom stereocenters. The summed E-state index contributed by atoms with van der Waals surface area (Å²) in [5.41, 5.74) is -0.899. The molecule has 0 atom stereocenters. The van der Waals surface area contributed by atoms with Gasteiger partial charge in [-0.3, -0.25) is 4.79 Å². The minimum absolute atomic E-state index is 0.244. The Labute approximate surface area is 135 Å². The number of carboxylic acids is 1. The van der Waals surface area contributed by atoms with Crippen molar-refractivity contribution in [2.45, 2.75) is 31.3 Å². The summed E-state index contributed by atoms with van der Waals surface area (Å²) in [7, 11) is 0. The number of benzene rings is 1. The number of rotatable bonds is 5. The van der Waals surface area contributed by atoms with Crippen molar-refractivity contribution in [3.63, 3.8) is 0 Å². The highest BCUT2D eigenvalue weighted by Crippen LogP contribution is 2.42. The lowest BCUT2D eigenvalue weighted by atomic mass is 9.71. The molecule has 2 N–H and O–H groups in total. The average molecular weight is 336 g/mol. The Morgan fingerprint density at radius 1 is 1.33 bits per heavy atom. The van der Waals surface area contributed by atoms with Crippen LogP contribution in [0.4, 0.5) is 8.78 Å². The molecule has 1 aliphatic rings. The standard InChI is InChI=1S/C15H14F2N4O3/c16-9-2-3-10(11(17)6-9)15(4-1-5-15)18-13(22)8-21-7-12(14(23)24)19-20-21/h2-3,6-7H,1,4-5,8H2,(H,18,22)(H,23,24). The summed E-state index contributed by atoms with van der Waals surface area (Å²) in [5.74, 6) is -3.09. The first-order valence-electron chi connectivity index (χ1n) is 7.30. The van der Waals surface area contributed by atoms with Gasteiger partial charge in [0, 0.05) is 11.6 Å². The number of nitrogens with one attached hydrogen (secondary N) is 1. The van der Waals surface area contributed by atoms with Gasteiger partial charge in [0.2, 0.25) is 5.91 Å². The monoisotopic (exact) mass is 336 g/mol. The van der Waals surface area contributed by atoms with Crippen LogP contribution in [0.1, 0.15) is 35.3 Å². The molecular formula is C15H14F2N4O3. The molecule has 1 aromatic carbocycles. The summed E-state index contributed by atoms with van der Waals surface area (Å²) in [6.07, 6.45) is 3.02. The van der Waals surface area contributed by atoms with E-state index in [2.05, 4.69) is 15.6 Å². The molecule has 0 bridgehead atoms. The van der Waals surface area contributed by atoms with E-state index in [0.29, 0.717) is 12.8 Å². The van der Waals surface area contributed by atoms with Gasteiger partial charge in [0.15, 0.2) is 5.69 Å². The van der Waals surface area contributed by atoms with Crippen LogP contribution in [0.25, 0.3) is 0 Å². The zero-order valence-corrected chi connectivity index (χ0v) is 12.5. The van der Waals surface area contributed by atoms with Crippen LogP contribution in [0.3, 0.4) is 0 Å². The van der Waals surface area contributed by atoms with Crippen LogP contribution < -0.4 is 5.32 Å². The largest absolute Gasteiger partial charge is 0.476 e. The minimum Gasteiger partial charge on any atom is -0.476 e. The number of aromatic carboxylic acids is 1. The van der Waals surface area contributed by atoms with Crippen molar-refractivity contribution in [3.8, 4) is 0 Å². The molecule has 1 heterocycles. The van der Waals surface area contributed by atoms with Crippen LogP contribution in [0.2, 0.25) is 0 Å². The third kappa shape index (κ3) is 2.97. The number of nitrogens with zero attached hydrogens (tertiary/aromatic N) is 3. The van der Waals surface area contributed by atoms with Crippen LogP contribution in [0, 0.1) is 11.6 Å². The molecule has 1 aliphatic carbocycles. The maximum atomic E-state index is 14.1. The topological polar surface area (TPSA) is 97.1 Å². The van der Waals surface area contributed by atoms with Crippen molar-refractivity contribution in [1.29, 1.82) is 0 Å². The summed E-state index contributed by atoms with van der Waals surface area (Å²) in [4.78, 5) is 23.0. The quantitative estimate of drug-likeness (QED) is 0.861. The lowest BCUT2D eigenvalue weighted by molar-refractivity contribution is -0.125. The maximum absolute atomic E-state index is 14.1. The van der Waals surface area contributed by atoms with Crippen molar-refractivity contribution in [2.24, 2.45) is 0 Å². The molecule has 2 aromatic rings. The van der Waals surface area contributed by atoms with Crippen LogP contribution >= 0.6 is 0 Å². The smallest absolute Gasteiger partial charge is 0.358 e. The van der Waals surface area contributed by atoms with Crippen molar-refractivity contribution in [3.05, 3.63) is 47.3 Å². The molecule has 1 saturated carbocycles. The Balaban J connectivity index is 1.74. The van der Waals surface area contributed by atoms with Crippen molar-refractivity contribution < 1.29 is 23.5 Å². The van der Waals surface area contributed by atoms with Gasteiger partial charge in [0.1, 0.15) is 18.2 Å². The molecule has 3 rings (SSSR count). The van der Waals surface area contributed by atoms with Crippen LogP contribution in [0.5, 0.6) is 0 Å². The molecule has 1 amide bonds. The fraction of sp³-hybridized carbons (Fsp3) is 0.333. The molecule has 9 heteroatoms. The van der Waals surface area contributed by atoms with Gasteiger partial charge in [-0.15, -0.1) is 5.10 Å². The predicted octanol–water partition coefficient (Wildman–Crippen LogP) is 1.45. The molecule has 0 radical (unpaired) electrons. The van der Waals surface area contributed by atoms with Gasteiger partial charge < -0.3 is 10.4 Å². The van der Waals surface area contributed by atoms with E-state index in [1.54, 1.807) is 0 Å². The normalized spacial score (nSPS) is 15.6. The van der Waals surface area contributed by atoms with Gasteiger partial charge in [-0.1, -0.05) is 11.3 Å². The van der Waals surface area contributed by atoms with Crippen molar-refractivity contribution in [1.82, 2.24) is 20.3 Å². The van der Waals surface area contributed by atoms with E-state index in [4.69, 9.17) is 5.11 Å². The molecule has 1 fully saturated rings. The number of carboxylic acid groups (broad SMARTS) is 1. The second-order valence-corrected chi connectivity index (χ2v) is 5.71. The van der Waals surface area contributed by atoms with Crippen molar-refractivity contribution >= 4 is 11.9 Å². The molecule has 0 spiro atoms. The zero-order chi connectivity index (χ0) is 17.3. The molecular weight excluding hydrogens is 322 g/mol. The second kappa shape index (κ2) is 5.99. The first-order valence-corrected chi connectivity index (χ1v) is 7.30.